The van der Waals surface area contributed by atoms with Gasteiger partial charge >= 0.3 is 0 Å². The van der Waals surface area contributed by atoms with E-state index in [9.17, 15) is 0 Å². The average Bonchev–Trinajstić information content (AvgIpc) is 2.55. The molecule has 0 aliphatic carbocycles. The number of rotatable bonds is 17. The van der Waals surface area contributed by atoms with Crippen LogP contribution in [0.15, 0.2) is 11.6 Å². The van der Waals surface area contributed by atoms with Crippen LogP contribution in [-0.2, 0) is 0 Å². The fourth-order valence-electron chi connectivity index (χ4n) is 3.13. The van der Waals surface area contributed by atoms with E-state index in [1.54, 1.807) is 0 Å². The van der Waals surface area contributed by atoms with Gasteiger partial charge in [0.05, 0.1) is 0 Å². The van der Waals surface area contributed by atoms with Gasteiger partial charge in [-0.3, -0.25) is 0 Å². The number of unbranched alkanes of at least 4 members (excludes halogenated alkanes) is 11. The van der Waals surface area contributed by atoms with Crippen LogP contribution in [0.25, 0.3) is 0 Å². The van der Waals surface area contributed by atoms with Crippen LogP contribution < -0.4 is 11.5 Å². The second kappa shape index (κ2) is 18.0. The molecule has 1 unspecified atom stereocenters. The minimum absolute atomic E-state index is 0.190. The van der Waals surface area contributed by atoms with Crippen molar-refractivity contribution in [3.63, 3.8) is 0 Å². The Morgan fingerprint density at radius 1 is 0.783 bits per heavy atom. The minimum Gasteiger partial charge on any atom is -0.330 e. The first-order valence-electron chi connectivity index (χ1n) is 10.4. The first-order chi connectivity index (χ1) is 11.3. The molecule has 0 aliphatic rings. The summed E-state index contributed by atoms with van der Waals surface area (Å²) in [5.41, 5.74) is 13.5. The highest BCUT2D eigenvalue weighted by Crippen LogP contribution is 2.17. The number of nitrogens with two attached hydrogens (primary N) is 2. The van der Waals surface area contributed by atoms with Crippen molar-refractivity contribution in [2.24, 2.45) is 11.5 Å². The Hall–Kier alpha value is -0.340. The summed E-state index contributed by atoms with van der Waals surface area (Å²) in [6.45, 7) is 5.25. The van der Waals surface area contributed by atoms with Gasteiger partial charge < -0.3 is 11.5 Å². The molecule has 23 heavy (non-hydrogen) atoms. The highest BCUT2D eigenvalue weighted by atomic mass is 14.7. The molecule has 0 saturated heterocycles. The minimum atomic E-state index is 0.190. The number of hydrogen-bond acceptors (Lipinski definition) is 2. The second-order valence-electron chi connectivity index (χ2n) is 7.04. The van der Waals surface area contributed by atoms with Crippen LogP contribution in [0.1, 0.15) is 110 Å². The zero-order chi connectivity index (χ0) is 17.2. The molecule has 0 amide bonds. The second-order valence-corrected chi connectivity index (χ2v) is 7.04. The molecule has 2 nitrogen and oxygen atoms in total. The summed E-state index contributed by atoms with van der Waals surface area (Å²) in [7, 11) is 0. The molecule has 0 rings (SSSR count). The van der Waals surface area contributed by atoms with Crippen LogP contribution in [-0.4, -0.2) is 12.6 Å². The van der Waals surface area contributed by atoms with E-state index in [2.05, 4.69) is 19.9 Å². The SMILES string of the molecule is CCCCCCCC/C=C(\CCCCCCCC)C(N)CCN. The molecule has 0 radical (unpaired) electrons. The van der Waals surface area contributed by atoms with Crippen molar-refractivity contribution >= 4 is 0 Å². The molecule has 4 N–H and O–H groups in total. The standard InChI is InChI=1S/C21H44N2/c1-3-5-7-9-11-13-15-17-20(21(23)18-19-22)16-14-12-10-8-6-4-2/h17,21H,3-16,18-19,22-23H2,1-2H3/b20-17+. The Bertz CT molecular complexity index is 261. The third kappa shape index (κ3) is 15.0. The van der Waals surface area contributed by atoms with Crippen molar-refractivity contribution in [3.8, 4) is 0 Å². The normalized spacial score (nSPS) is 13.5. The summed E-state index contributed by atoms with van der Waals surface area (Å²) >= 11 is 0. The zero-order valence-electron chi connectivity index (χ0n) is 16.1. The topological polar surface area (TPSA) is 52.0 Å². The van der Waals surface area contributed by atoms with Crippen LogP contribution in [0, 0.1) is 0 Å². The van der Waals surface area contributed by atoms with Gasteiger partial charge in [0.1, 0.15) is 0 Å². The van der Waals surface area contributed by atoms with E-state index >= 15 is 0 Å². The predicted molar refractivity (Wildman–Crippen MR) is 106 cm³/mol. The molecule has 0 aromatic heterocycles. The molecular weight excluding hydrogens is 280 g/mol. The van der Waals surface area contributed by atoms with Gasteiger partial charge in [-0.2, -0.15) is 0 Å². The lowest BCUT2D eigenvalue weighted by Gasteiger charge is -2.16. The van der Waals surface area contributed by atoms with Gasteiger partial charge in [-0.05, 0) is 38.6 Å². The van der Waals surface area contributed by atoms with Crippen molar-refractivity contribution in [1.82, 2.24) is 0 Å². The Balaban J connectivity index is 3.95. The molecule has 0 saturated carbocycles. The van der Waals surface area contributed by atoms with E-state index in [0.717, 1.165) is 6.42 Å². The molecule has 2 heteroatoms. The van der Waals surface area contributed by atoms with Crippen molar-refractivity contribution in [1.29, 1.82) is 0 Å². The third-order valence-corrected chi connectivity index (χ3v) is 4.74. The molecule has 0 aliphatic heterocycles. The van der Waals surface area contributed by atoms with Gasteiger partial charge in [0.15, 0.2) is 0 Å². The Kier molecular flexibility index (Phi) is 17.7. The highest BCUT2D eigenvalue weighted by molar-refractivity contribution is 5.10. The first kappa shape index (κ1) is 22.7. The molecular formula is C21H44N2. The molecule has 0 aromatic rings. The van der Waals surface area contributed by atoms with Crippen LogP contribution in [0.2, 0.25) is 0 Å². The Labute approximate surface area is 146 Å². The molecule has 0 heterocycles. The van der Waals surface area contributed by atoms with Crippen molar-refractivity contribution < 1.29 is 0 Å². The van der Waals surface area contributed by atoms with Gasteiger partial charge in [0.25, 0.3) is 0 Å². The van der Waals surface area contributed by atoms with Gasteiger partial charge in [0.2, 0.25) is 0 Å². The molecule has 0 fully saturated rings. The smallest absolute Gasteiger partial charge is 0.0265 e. The van der Waals surface area contributed by atoms with E-state index in [1.807, 2.05) is 0 Å². The Morgan fingerprint density at radius 2 is 1.30 bits per heavy atom. The first-order valence-corrected chi connectivity index (χ1v) is 10.4. The van der Waals surface area contributed by atoms with Crippen molar-refractivity contribution in [2.75, 3.05) is 6.54 Å². The summed E-state index contributed by atoms with van der Waals surface area (Å²) in [5, 5.41) is 0. The molecule has 138 valence electrons. The van der Waals surface area contributed by atoms with Crippen molar-refractivity contribution in [3.05, 3.63) is 11.6 Å². The summed E-state index contributed by atoms with van der Waals surface area (Å²) < 4.78 is 0. The summed E-state index contributed by atoms with van der Waals surface area (Å²) in [5.74, 6) is 0. The van der Waals surface area contributed by atoms with E-state index in [4.69, 9.17) is 11.5 Å². The third-order valence-electron chi connectivity index (χ3n) is 4.74. The van der Waals surface area contributed by atoms with E-state index in [-0.39, 0.29) is 6.04 Å². The molecule has 1 atom stereocenters. The van der Waals surface area contributed by atoms with E-state index < -0.39 is 0 Å². The maximum absolute atomic E-state index is 6.32. The summed E-state index contributed by atoms with van der Waals surface area (Å²) in [6, 6.07) is 0.190. The van der Waals surface area contributed by atoms with E-state index in [0.29, 0.717) is 6.54 Å². The summed E-state index contributed by atoms with van der Waals surface area (Å²) in [4.78, 5) is 0. The lowest BCUT2D eigenvalue weighted by atomic mass is 9.96. The Morgan fingerprint density at radius 3 is 1.87 bits per heavy atom. The average molecular weight is 325 g/mol. The van der Waals surface area contributed by atoms with Gasteiger partial charge in [0, 0.05) is 6.04 Å². The van der Waals surface area contributed by atoms with Crippen LogP contribution >= 0.6 is 0 Å². The summed E-state index contributed by atoms with van der Waals surface area (Å²) in [6.07, 6.45) is 22.1. The zero-order valence-corrected chi connectivity index (χ0v) is 16.1. The quantitative estimate of drug-likeness (QED) is 0.251. The van der Waals surface area contributed by atoms with Gasteiger partial charge in [-0.1, -0.05) is 89.7 Å². The number of allylic oxidation sites excluding steroid dienone is 1. The molecule has 0 aromatic carbocycles. The largest absolute Gasteiger partial charge is 0.330 e. The maximum atomic E-state index is 6.32. The number of hydrogen-bond donors (Lipinski definition) is 2. The highest BCUT2D eigenvalue weighted by Gasteiger charge is 2.08. The van der Waals surface area contributed by atoms with Gasteiger partial charge in [-0.15, -0.1) is 0 Å². The maximum Gasteiger partial charge on any atom is 0.0265 e. The van der Waals surface area contributed by atoms with Gasteiger partial charge in [-0.25, -0.2) is 0 Å². The fourth-order valence-corrected chi connectivity index (χ4v) is 3.13. The monoisotopic (exact) mass is 324 g/mol. The van der Waals surface area contributed by atoms with Crippen LogP contribution in [0.5, 0.6) is 0 Å². The fraction of sp³-hybridized carbons (Fsp3) is 0.905. The lowest BCUT2D eigenvalue weighted by molar-refractivity contribution is 0.581. The molecule has 0 bridgehead atoms. The van der Waals surface area contributed by atoms with E-state index in [1.165, 1.54) is 95.5 Å². The van der Waals surface area contributed by atoms with Crippen molar-refractivity contribution in [2.45, 2.75) is 116 Å². The predicted octanol–water partition coefficient (Wildman–Crippen LogP) is 6.09. The van der Waals surface area contributed by atoms with Crippen LogP contribution in [0.4, 0.5) is 0 Å². The molecule has 0 spiro atoms. The lowest BCUT2D eigenvalue weighted by Crippen LogP contribution is -2.26. The van der Waals surface area contributed by atoms with Crippen LogP contribution in [0.3, 0.4) is 0 Å².